The van der Waals surface area contributed by atoms with Gasteiger partial charge < -0.3 is 14.4 Å². The summed E-state index contributed by atoms with van der Waals surface area (Å²) < 4.78 is 10.9. The number of benzene rings is 1. The molecular weight excluding hydrogens is 254 g/mol. The Balaban J connectivity index is 2.15. The van der Waals surface area contributed by atoms with Crippen molar-refractivity contribution in [2.75, 3.05) is 6.61 Å². The third kappa shape index (κ3) is 3.39. The number of hydrogen-bond acceptors (Lipinski definition) is 4. The Morgan fingerprint density at radius 1 is 1.30 bits per heavy atom. The molecule has 0 radical (unpaired) electrons. The van der Waals surface area contributed by atoms with Crippen LogP contribution in [0.15, 0.2) is 34.9 Å². The van der Waals surface area contributed by atoms with E-state index in [2.05, 4.69) is 19.0 Å². The van der Waals surface area contributed by atoms with E-state index in [1.165, 1.54) is 0 Å². The van der Waals surface area contributed by atoms with Crippen LogP contribution in [0.25, 0.3) is 0 Å². The minimum absolute atomic E-state index is 0.134. The Hall–Kier alpha value is -1.81. The molecule has 0 atom stereocenters. The molecule has 0 saturated heterocycles. The fourth-order valence-electron chi connectivity index (χ4n) is 2.20. The van der Waals surface area contributed by atoms with Gasteiger partial charge in [0.05, 0.1) is 0 Å². The van der Waals surface area contributed by atoms with Gasteiger partial charge in [-0.25, -0.2) is 0 Å². The fourth-order valence-corrected chi connectivity index (χ4v) is 2.20. The summed E-state index contributed by atoms with van der Waals surface area (Å²) in [7, 11) is 0. The Kier molecular flexibility index (Phi) is 4.45. The number of aliphatic hydroxyl groups is 1. The van der Waals surface area contributed by atoms with Crippen LogP contribution in [0.3, 0.4) is 0 Å². The molecule has 0 aliphatic rings. The van der Waals surface area contributed by atoms with Crippen LogP contribution in [0.4, 0.5) is 0 Å². The Morgan fingerprint density at radius 2 is 2.05 bits per heavy atom. The molecule has 0 saturated carbocycles. The predicted octanol–water partition coefficient (Wildman–Crippen LogP) is 3.22. The molecule has 2 aromatic rings. The average Bonchev–Trinajstić information content (AvgIpc) is 2.82. The second kappa shape index (κ2) is 6.09. The number of aromatic nitrogens is 1. The average molecular weight is 275 g/mol. The smallest absolute Gasteiger partial charge is 0.134 e. The van der Waals surface area contributed by atoms with Gasteiger partial charge in [0.2, 0.25) is 0 Å². The molecule has 1 heterocycles. The van der Waals surface area contributed by atoms with Gasteiger partial charge in [0.15, 0.2) is 0 Å². The first kappa shape index (κ1) is 14.6. The van der Waals surface area contributed by atoms with E-state index < -0.39 is 0 Å². The third-order valence-corrected chi connectivity index (χ3v) is 3.41. The summed E-state index contributed by atoms with van der Waals surface area (Å²) in [6.45, 7) is 6.60. The molecule has 4 nitrogen and oxygen atoms in total. The molecule has 0 bridgehead atoms. The van der Waals surface area contributed by atoms with E-state index in [-0.39, 0.29) is 12.0 Å². The first-order chi connectivity index (χ1) is 9.53. The van der Waals surface area contributed by atoms with Crippen LogP contribution in [0.2, 0.25) is 0 Å². The van der Waals surface area contributed by atoms with E-state index >= 15 is 0 Å². The van der Waals surface area contributed by atoms with Crippen molar-refractivity contribution in [3.63, 3.8) is 0 Å². The van der Waals surface area contributed by atoms with Crippen LogP contribution in [-0.2, 0) is 12.0 Å². The third-order valence-electron chi connectivity index (χ3n) is 3.41. The summed E-state index contributed by atoms with van der Waals surface area (Å²) in [6, 6.07) is 9.78. The molecule has 0 aliphatic carbocycles. The molecule has 4 heteroatoms. The van der Waals surface area contributed by atoms with Crippen LogP contribution in [-0.4, -0.2) is 16.9 Å². The van der Waals surface area contributed by atoms with Crippen LogP contribution < -0.4 is 4.74 Å². The SMILES string of the molecule is Cc1cc(COc2ccccc2C(C)(C)CCO)no1. The maximum absolute atomic E-state index is 9.20. The van der Waals surface area contributed by atoms with Gasteiger partial charge in [0, 0.05) is 12.7 Å². The number of aliphatic hydroxyl groups excluding tert-OH is 1. The monoisotopic (exact) mass is 275 g/mol. The van der Waals surface area contributed by atoms with Gasteiger partial charge in [0.1, 0.15) is 23.8 Å². The number of rotatable bonds is 6. The van der Waals surface area contributed by atoms with Crippen molar-refractivity contribution in [1.82, 2.24) is 5.16 Å². The summed E-state index contributed by atoms with van der Waals surface area (Å²) >= 11 is 0. The molecule has 0 amide bonds. The van der Waals surface area contributed by atoms with Crippen LogP contribution in [0, 0.1) is 6.92 Å². The lowest BCUT2D eigenvalue weighted by Crippen LogP contribution is -2.20. The van der Waals surface area contributed by atoms with Crippen molar-refractivity contribution in [3.05, 3.63) is 47.3 Å². The highest BCUT2D eigenvalue weighted by Gasteiger charge is 2.23. The second-order valence-corrected chi connectivity index (χ2v) is 5.57. The minimum Gasteiger partial charge on any atom is -0.487 e. The maximum atomic E-state index is 9.20. The van der Waals surface area contributed by atoms with E-state index in [4.69, 9.17) is 9.26 Å². The molecule has 1 aromatic heterocycles. The maximum Gasteiger partial charge on any atom is 0.134 e. The van der Waals surface area contributed by atoms with Gasteiger partial charge in [-0.15, -0.1) is 0 Å². The van der Waals surface area contributed by atoms with E-state index in [0.29, 0.717) is 13.0 Å². The van der Waals surface area contributed by atoms with Gasteiger partial charge in [-0.3, -0.25) is 0 Å². The van der Waals surface area contributed by atoms with Crippen molar-refractivity contribution in [3.8, 4) is 5.75 Å². The normalized spacial score (nSPS) is 11.6. The van der Waals surface area contributed by atoms with E-state index in [9.17, 15) is 5.11 Å². The zero-order valence-corrected chi connectivity index (χ0v) is 12.2. The lowest BCUT2D eigenvalue weighted by Gasteiger charge is -2.26. The molecule has 0 spiro atoms. The van der Waals surface area contributed by atoms with Gasteiger partial charge >= 0.3 is 0 Å². The first-order valence-corrected chi connectivity index (χ1v) is 6.78. The van der Waals surface area contributed by atoms with Crippen LogP contribution in [0.5, 0.6) is 5.75 Å². The quantitative estimate of drug-likeness (QED) is 0.879. The highest BCUT2D eigenvalue weighted by atomic mass is 16.5. The standard InChI is InChI=1S/C16H21NO3/c1-12-10-13(17-20-12)11-19-15-7-5-4-6-14(15)16(2,3)8-9-18/h4-7,10,18H,8-9,11H2,1-3H3. The van der Waals surface area contributed by atoms with E-state index in [1.54, 1.807) is 0 Å². The highest BCUT2D eigenvalue weighted by molar-refractivity contribution is 5.38. The largest absolute Gasteiger partial charge is 0.487 e. The highest BCUT2D eigenvalue weighted by Crippen LogP contribution is 2.34. The molecule has 1 aromatic carbocycles. The van der Waals surface area contributed by atoms with Crippen molar-refractivity contribution in [2.24, 2.45) is 0 Å². The topological polar surface area (TPSA) is 55.5 Å². The lowest BCUT2D eigenvalue weighted by atomic mass is 9.81. The number of nitrogens with zero attached hydrogens (tertiary/aromatic N) is 1. The van der Waals surface area contributed by atoms with Crippen molar-refractivity contribution in [1.29, 1.82) is 0 Å². The second-order valence-electron chi connectivity index (χ2n) is 5.57. The Morgan fingerprint density at radius 3 is 2.70 bits per heavy atom. The molecular formula is C16H21NO3. The zero-order chi connectivity index (χ0) is 14.6. The molecule has 0 aliphatic heterocycles. The summed E-state index contributed by atoms with van der Waals surface area (Å²) in [5, 5.41) is 13.1. The van der Waals surface area contributed by atoms with Crippen molar-refractivity contribution < 1.29 is 14.4 Å². The molecule has 1 N–H and O–H groups in total. The minimum atomic E-state index is -0.134. The summed E-state index contributed by atoms with van der Waals surface area (Å²) in [5.74, 6) is 1.60. The summed E-state index contributed by atoms with van der Waals surface area (Å²) in [6.07, 6.45) is 0.691. The Bertz CT molecular complexity index is 560. The molecule has 0 fully saturated rings. The van der Waals surface area contributed by atoms with Crippen molar-refractivity contribution >= 4 is 0 Å². The zero-order valence-electron chi connectivity index (χ0n) is 12.2. The molecule has 108 valence electrons. The van der Waals surface area contributed by atoms with E-state index in [0.717, 1.165) is 22.8 Å². The van der Waals surface area contributed by atoms with Crippen LogP contribution in [0.1, 0.15) is 37.3 Å². The molecule has 2 rings (SSSR count). The Labute approximate surface area is 119 Å². The van der Waals surface area contributed by atoms with Crippen LogP contribution >= 0.6 is 0 Å². The molecule has 0 unspecified atom stereocenters. The summed E-state index contributed by atoms with van der Waals surface area (Å²) in [4.78, 5) is 0. The summed E-state index contributed by atoms with van der Waals surface area (Å²) in [5.41, 5.74) is 1.73. The molecule has 20 heavy (non-hydrogen) atoms. The van der Waals surface area contributed by atoms with Gasteiger partial charge in [-0.2, -0.15) is 0 Å². The van der Waals surface area contributed by atoms with Gasteiger partial charge in [-0.05, 0) is 30.4 Å². The van der Waals surface area contributed by atoms with Gasteiger partial charge in [0.25, 0.3) is 0 Å². The number of aryl methyl sites for hydroxylation is 1. The van der Waals surface area contributed by atoms with Crippen molar-refractivity contribution in [2.45, 2.75) is 39.2 Å². The number of ether oxygens (including phenoxy) is 1. The lowest BCUT2D eigenvalue weighted by molar-refractivity contribution is 0.243. The first-order valence-electron chi connectivity index (χ1n) is 6.78. The predicted molar refractivity (Wildman–Crippen MR) is 76.7 cm³/mol. The number of para-hydroxylation sites is 1. The number of hydrogen-bond donors (Lipinski definition) is 1. The van der Waals surface area contributed by atoms with Gasteiger partial charge in [-0.1, -0.05) is 37.2 Å². The van der Waals surface area contributed by atoms with E-state index in [1.807, 2.05) is 37.3 Å². The fraction of sp³-hybridized carbons (Fsp3) is 0.438.